The Morgan fingerprint density at radius 1 is 1.25 bits per heavy atom. The highest BCUT2D eigenvalue weighted by molar-refractivity contribution is 9.25. The second-order valence-corrected chi connectivity index (χ2v) is 15.4. The van der Waals surface area contributed by atoms with E-state index in [4.69, 9.17) is 34.3 Å². The van der Waals surface area contributed by atoms with E-state index in [1.54, 1.807) is 0 Å². The molecule has 0 radical (unpaired) electrons. The summed E-state index contributed by atoms with van der Waals surface area (Å²) in [4.78, 5) is 0. The maximum atomic E-state index is 5.82. The molecule has 0 aromatic rings. The average molecular weight is 270 g/mol. The summed E-state index contributed by atoms with van der Waals surface area (Å²) in [6, 6.07) is 0. The van der Waals surface area contributed by atoms with Gasteiger partial charge in [0.2, 0.25) is 0 Å². The molecular formula is C2H4BrCl3Si2. The molecule has 0 nitrogen and oxygen atoms in total. The van der Waals surface area contributed by atoms with Crippen LogP contribution in [0.15, 0.2) is 0 Å². The summed E-state index contributed by atoms with van der Waals surface area (Å²) in [5, 5.41) is 0. The van der Waals surface area contributed by atoms with E-state index in [1.165, 1.54) is 0 Å². The van der Waals surface area contributed by atoms with Gasteiger partial charge in [0.1, 0.15) is 7.42 Å². The van der Waals surface area contributed by atoms with Crippen molar-refractivity contribution in [2.75, 3.05) is 0 Å². The lowest BCUT2D eigenvalue weighted by Crippen LogP contribution is -2.59. The van der Waals surface area contributed by atoms with Gasteiger partial charge in [-0.05, 0) is 0 Å². The highest BCUT2D eigenvalue weighted by Crippen LogP contribution is 2.34. The van der Waals surface area contributed by atoms with Crippen LogP contribution in [0.3, 0.4) is 0 Å². The predicted octanol–water partition coefficient (Wildman–Crippen LogP) is 1.45. The largest absolute Gasteiger partial charge is 0.172 e. The Balaban J connectivity index is 2.42. The van der Waals surface area contributed by atoms with Crippen LogP contribution < -0.4 is 0 Å². The second kappa shape index (κ2) is 2.80. The molecule has 0 aliphatic carbocycles. The highest BCUT2D eigenvalue weighted by Gasteiger charge is 2.49. The zero-order valence-electron chi connectivity index (χ0n) is 3.82. The maximum absolute atomic E-state index is 5.82. The molecular weight excluding hydrogens is 266 g/mol. The van der Waals surface area contributed by atoms with Gasteiger partial charge in [0.25, 0.3) is 0 Å². The lowest BCUT2D eigenvalue weighted by molar-refractivity contribution is 1.52. The van der Waals surface area contributed by atoms with Crippen molar-refractivity contribution in [2.45, 2.75) is 9.25 Å². The van der Waals surface area contributed by atoms with E-state index in [0.717, 1.165) is 0 Å². The first-order valence-corrected chi connectivity index (χ1v) is 10.7. The molecule has 0 saturated carbocycles. The molecule has 48 valence electrons. The van der Waals surface area contributed by atoms with Gasteiger partial charge in [-0.2, -0.15) is 11.1 Å². The van der Waals surface area contributed by atoms with E-state index in [1.807, 2.05) is 0 Å². The van der Waals surface area contributed by atoms with Gasteiger partial charge in [0.05, 0.1) is 0 Å². The van der Waals surface area contributed by atoms with Crippen LogP contribution in [0.25, 0.3) is 0 Å². The van der Waals surface area contributed by atoms with E-state index in [9.17, 15) is 0 Å². The first kappa shape index (κ1) is 7.89. The Morgan fingerprint density at radius 2 is 1.62 bits per heavy atom. The monoisotopic (exact) mass is 268 g/mol. The highest BCUT2D eigenvalue weighted by atomic mass is 79.9. The molecule has 0 bridgehead atoms. The van der Waals surface area contributed by atoms with Crippen LogP contribution in [0, 0.1) is 0 Å². The van der Waals surface area contributed by atoms with E-state index in [2.05, 4.69) is 15.3 Å². The zero-order valence-corrected chi connectivity index (χ0v) is 9.98. The van der Waals surface area contributed by atoms with Crippen molar-refractivity contribution in [1.82, 2.24) is 0 Å². The fourth-order valence-corrected chi connectivity index (χ4v) is 20.9. The molecule has 8 heavy (non-hydrogen) atoms. The fourth-order valence-electron chi connectivity index (χ4n) is 0.557. The van der Waals surface area contributed by atoms with Crippen LogP contribution in [-0.2, 0) is 0 Å². The molecule has 2 unspecified atom stereocenters. The van der Waals surface area contributed by atoms with E-state index >= 15 is 0 Å². The fraction of sp³-hybridized carbons (Fsp3) is 1.00. The standard InChI is InChI=1S/C2H4BrCl3Si2/c3-7-1(4)8(6)2(7)5/h1-2,7-8H. The van der Waals surface area contributed by atoms with Crippen molar-refractivity contribution in [1.29, 1.82) is 0 Å². The number of halogens is 4. The quantitative estimate of drug-likeness (QED) is 0.355. The van der Waals surface area contributed by atoms with Gasteiger partial charge in [0.15, 0.2) is 8.11 Å². The topological polar surface area (TPSA) is 0 Å². The summed E-state index contributed by atoms with van der Waals surface area (Å²) >= 11 is 20.9. The minimum Gasteiger partial charge on any atom is -0.169 e. The summed E-state index contributed by atoms with van der Waals surface area (Å²) in [5.41, 5.74) is 0. The van der Waals surface area contributed by atoms with E-state index in [0.29, 0.717) is 0 Å². The molecule has 1 rings (SSSR count). The summed E-state index contributed by atoms with van der Waals surface area (Å²) in [7, 11) is -2.14. The zero-order chi connectivity index (χ0) is 6.31. The summed E-state index contributed by atoms with van der Waals surface area (Å²) in [6.07, 6.45) is 0. The molecule has 6 heteroatoms. The van der Waals surface area contributed by atoms with Crippen molar-refractivity contribution < 1.29 is 0 Å². The predicted molar refractivity (Wildman–Crippen MR) is 48.4 cm³/mol. The summed E-state index contributed by atoms with van der Waals surface area (Å²) in [5.74, 6) is 0. The van der Waals surface area contributed by atoms with Crippen LogP contribution in [0.2, 0.25) is 0 Å². The maximum Gasteiger partial charge on any atom is 0.172 e. The molecule has 1 saturated heterocycles. The molecule has 0 aromatic carbocycles. The van der Waals surface area contributed by atoms with Crippen LogP contribution in [-0.4, -0.2) is 24.8 Å². The van der Waals surface area contributed by atoms with Crippen molar-refractivity contribution in [3.05, 3.63) is 0 Å². The molecule has 0 aromatic heterocycles. The Morgan fingerprint density at radius 3 is 1.75 bits per heavy atom. The Bertz CT molecular complexity index is 69.3. The van der Waals surface area contributed by atoms with Gasteiger partial charge in [-0.1, -0.05) is 0 Å². The Kier molecular flexibility index (Phi) is 2.76. The van der Waals surface area contributed by atoms with Gasteiger partial charge in [-0.15, -0.1) is 38.5 Å². The van der Waals surface area contributed by atoms with Gasteiger partial charge in [0, 0.05) is 9.25 Å². The second-order valence-electron chi connectivity index (χ2n) is 1.78. The Labute approximate surface area is 74.0 Å². The smallest absolute Gasteiger partial charge is 0.169 e. The minimum absolute atomic E-state index is 0.277. The third-order valence-corrected chi connectivity index (χ3v) is 24.4. The third kappa shape index (κ3) is 1.13. The molecule has 1 fully saturated rings. The lowest BCUT2D eigenvalue weighted by atomic mass is 11.7. The van der Waals surface area contributed by atoms with Gasteiger partial charge in [-0.25, -0.2) is 0 Å². The lowest BCUT2D eigenvalue weighted by Gasteiger charge is -2.35. The first-order chi connectivity index (χ1) is 3.64. The van der Waals surface area contributed by atoms with Gasteiger partial charge < -0.3 is 0 Å². The summed E-state index contributed by atoms with van der Waals surface area (Å²) in [6.45, 7) is 0. The number of alkyl halides is 2. The SMILES string of the molecule is ClC1[SiH](Cl)C(Cl)[SiH]1Br. The summed E-state index contributed by atoms with van der Waals surface area (Å²) < 4.78 is 0.554. The molecule has 1 aliphatic heterocycles. The van der Waals surface area contributed by atoms with Crippen molar-refractivity contribution >= 4 is 65.1 Å². The minimum atomic E-state index is -1.20. The van der Waals surface area contributed by atoms with Crippen molar-refractivity contribution in [2.24, 2.45) is 0 Å². The molecule has 0 amide bonds. The van der Waals surface area contributed by atoms with Crippen LogP contribution in [0.5, 0.6) is 0 Å². The first-order valence-electron chi connectivity index (χ1n) is 2.21. The number of rotatable bonds is 0. The molecule has 1 aliphatic rings. The van der Waals surface area contributed by atoms with Gasteiger partial charge >= 0.3 is 0 Å². The normalized spacial score (nSPS) is 55.5. The third-order valence-electron chi connectivity index (χ3n) is 1.22. The van der Waals surface area contributed by atoms with Crippen LogP contribution in [0.1, 0.15) is 0 Å². The van der Waals surface area contributed by atoms with E-state index < -0.39 is 15.5 Å². The van der Waals surface area contributed by atoms with Crippen LogP contribution >= 0.6 is 49.6 Å². The van der Waals surface area contributed by atoms with Crippen LogP contribution in [0.4, 0.5) is 0 Å². The average Bonchev–Trinajstić information content (AvgIpc) is 1.83. The van der Waals surface area contributed by atoms with E-state index in [-0.39, 0.29) is 9.25 Å². The number of hydrogen-bond donors (Lipinski definition) is 0. The van der Waals surface area contributed by atoms with Crippen molar-refractivity contribution in [3.63, 3.8) is 0 Å². The van der Waals surface area contributed by atoms with Crippen molar-refractivity contribution in [3.8, 4) is 0 Å². The molecule has 0 spiro atoms. The number of hydrogen-bond acceptors (Lipinski definition) is 0. The Hall–Kier alpha value is 1.78. The molecule has 1 heterocycles. The van der Waals surface area contributed by atoms with Gasteiger partial charge in [-0.3, -0.25) is 0 Å². The molecule has 2 atom stereocenters. The molecule has 0 N–H and O–H groups in total.